The van der Waals surface area contributed by atoms with Crippen molar-refractivity contribution in [3.8, 4) is 6.01 Å². The summed E-state index contributed by atoms with van der Waals surface area (Å²) in [6.07, 6.45) is 3.78. The van der Waals surface area contributed by atoms with Crippen LogP contribution in [0.1, 0.15) is 55.3 Å². The second-order valence-corrected chi connectivity index (χ2v) is 11.1. The minimum absolute atomic E-state index is 0. The summed E-state index contributed by atoms with van der Waals surface area (Å²) in [5.41, 5.74) is 1.12. The number of halogens is 4. The molecule has 39 heavy (non-hydrogen) atoms. The number of alkyl halides is 3. The summed E-state index contributed by atoms with van der Waals surface area (Å²) in [6.45, 7) is 13.4. The van der Waals surface area contributed by atoms with E-state index >= 15 is 0 Å². The van der Waals surface area contributed by atoms with Crippen molar-refractivity contribution in [2.75, 3.05) is 37.7 Å². The minimum Gasteiger partial charge on any atom is -0.462 e. The summed E-state index contributed by atoms with van der Waals surface area (Å²) in [5.74, 6) is 0.991. The number of nitrogens with zero attached hydrogens (tertiary/aromatic N) is 4. The zero-order chi connectivity index (χ0) is 26.9. The number of nitrogens with one attached hydrogen (secondary N) is 1. The van der Waals surface area contributed by atoms with Gasteiger partial charge in [0, 0.05) is 25.2 Å². The van der Waals surface area contributed by atoms with Gasteiger partial charge < -0.3 is 21.9 Å². The Morgan fingerprint density at radius 2 is 1.82 bits per heavy atom. The molecule has 0 aliphatic carbocycles. The Morgan fingerprint density at radius 3 is 2.38 bits per heavy atom. The molecule has 6 rings (SSSR count). The molecule has 2 unspecified atom stereocenters. The molecule has 4 aliphatic rings. The van der Waals surface area contributed by atoms with Crippen LogP contribution in [-0.2, 0) is 12.6 Å². The molecule has 2 bridgehead atoms. The van der Waals surface area contributed by atoms with E-state index in [0.717, 1.165) is 30.2 Å². The van der Waals surface area contributed by atoms with Crippen LogP contribution in [0, 0.1) is 19.9 Å². The van der Waals surface area contributed by atoms with Gasteiger partial charge in [-0.05, 0) is 57.2 Å². The van der Waals surface area contributed by atoms with Gasteiger partial charge in [-0.25, -0.2) is 18.3 Å². The summed E-state index contributed by atoms with van der Waals surface area (Å²) in [5, 5.41) is 3.37. The van der Waals surface area contributed by atoms with Crippen molar-refractivity contribution < 1.29 is 36.8 Å². The van der Waals surface area contributed by atoms with E-state index in [1.165, 1.54) is 69.8 Å². The number of hydrogen-bond acceptors (Lipinski definition) is 6. The number of piperazine rings is 1. The molecule has 208 valence electrons. The fourth-order valence-corrected chi connectivity index (χ4v) is 6.57. The van der Waals surface area contributed by atoms with Crippen LogP contribution >= 0.6 is 11.6 Å². The van der Waals surface area contributed by atoms with Crippen LogP contribution in [0.2, 0.25) is 5.02 Å². The van der Waals surface area contributed by atoms with Gasteiger partial charge in [0.2, 0.25) is 0 Å². The minimum atomic E-state index is -4.40. The summed E-state index contributed by atoms with van der Waals surface area (Å²) in [4.78, 5) is 14.5. The van der Waals surface area contributed by atoms with E-state index in [2.05, 4.69) is 33.9 Å². The number of hydrogen-bond donors (Lipinski definition) is 1. The molecular weight excluding hydrogens is 522 g/mol. The first-order chi connectivity index (χ1) is 18.2. The normalized spacial score (nSPS) is 23.6. The summed E-state index contributed by atoms with van der Waals surface area (Å²) in [6, 6.07) is 7.40. The molecule has 1 aromatic carbocycles. The molecule has 0 saturated carbocycles. The van der Waals surface area contributed by atoms with Gasteiger partial charge in [-0.3, -0.25) is 4.90 Å². The Morgan fingerprint density at radius 1 is 1.15 bits per heavy atom. The predicted octanol–water partition coefficient (Wildman–Crippen LogP) is 2.15. The van der Waals surface area contributed by atoms with Crippen molar-refractivity contribution in [1.29, 1.82) is 0 Å². The van der Waals surface area contributed by atoms with E-state index in [1.807, 2.05) is 6.07 Å². The van der Waals surface area contributed by atoms with E-state index < -0.39 is 11.7 Å². The Balaban J connectivity index is 0.000000250. The molecule has 2 aromatic rings. The molecule has 6 nitrogen and oxygen atoms in total. The molecule has 2 atom stereocenters. The quantitative estimate of drug-likeness (QED) is 0.451. The van der Waals surface area contributed by atoms with Gasteiger partial charge in [-0.15, -0.1) is 0 Å². The Bertz CT molecular complexity index is 1110. The molecule has 11 heteroatoms. The standard InChI is InChI=1S/C21H31N5O.C7H3ClF3.Li/c1-3-18-15(2)22-20(27-14-21-8-4-10-26(21)11-5-9-21)24-19(18)25-12-16-6-7-17(13-25)23-16;8-6-4-2-1-3-5(6)7(9,10)11;/h16-17,23H,1-14H2;1-2,4H;/q-2;-1;+1. The molecule has 4 fully saturated rings. The zero-order valence-electron chi connectivity index (χ0n) is 22.5. The third kappa shape index (κ3) is 6.65. The Kier molecular flexibility index (Phi) is 9.71. The second-order valence-electron chi connectivity index (χ2n) is 10.6. The number of ether oxygens (including phenoxy) is 1. The van der Waals surface area contributed by atoms with E-state index in [4.69, 9.17) is 21.3 Å². The third-order valence-electron chi connectivity index (χ3n) is 8.19. The number of aromatic nitrogens is 2. The molecule has 1 N–H and O–H groups in total. The molecule has 0 spiro atoms. The van der Waals surface area contributed by atoms with Crippen LogP contribution in [0.15, 0.2) is 18.2 Å². The Labute approximate surface area is 246 Å². The average Bonchev–Trinajstić information content (AvgIpc) is 3.56. The van der Waals surface area contributed by atoms with Crippen molar-refractivity contribution >= 4 is 17.4 Å². The molecule has 0 amide bonds. The fourth-order valence-electron chi connectivity index (χ4n) is 6.34. The fraction of sp³-hybridized carbons (Fsp3) is 0.571. The van der Waals surface area contributed by atoms with Crippen LogP contribution in [0.5, 0.6) is 6.01 Å². The van der Waals surface area contributed by atoms with Crippen LogP contribution in [0.4, 0.5) is 19.0 Å². The maximum atomic E-state index is 11.9. The predicted molar refractivity (Wildman–Crippen MR) is 141 cm³/mol. The number of benzene rings is 1. The van der Waals surface area contributed by atoms with Crippen molar-refractivity contribution in [3.05, 3.63) is 60.0 Å². The number of fused-ring (bicyclic) bond motifs is 3. The van der Waals surface area contributed by atoms with E-state index in [9.17, 15) is 13.2 Å². The smallest absolute Gasteiger partial charge is 0.462 e. The monoisotopic (exact) mass is 555 g/mol. The van der Waals surface area contributed by atoms with E-state index in [-0.39, 0.29) is 29.4 Å². The molecule has 5 heterocycles. The van der Waals surface area contributed by atoms with Crippen molar-refractivity contribution in [3.63, 3.8) is 0 Å². The van der Waals surface area contributed by atoms with Crippen LogP contribution in [0.25, 0.3) is 0 Å². The summed E-state index contributed by atoms with van der Waals surface area (Å²) >= 11 is 5.26. The first-order valence-corrected chi connectivity index (χ1v) is 13.7. The van der Waals surface area contributed by atoms with E-state index in [1.54, 1.807) is 0 Å². The van der Waals surface area contributed by atoms with Crippen LogP contribution in [-0.4, -0.2) is 65.3 Å². The van der Waals surface area contributed by atoms with Gasteiger partial charge in [0.15, 0.2) is 0 Å². The van der Waals surface area contributed by atoms with Gasteiger partial charge >= 0.3 is 31.0 Å². The summed E-state index contributed by atoms with van der Waals surface area (Å²) < 4.78 is 42.0. The first kappa shape index (κ1) is 30.3. The van der Waals surface area contributed by atoms with Gasteiger partial charge in [0.25, 0.3) is 0 Å². The number of anilines is 1. The topological polar surface area (TPSA) is 53.5 Å². The molecule has 0 radical (unpaired) electrons. The zero-order valence-corrected chi connectivity index (χ0v) is 23.3. The van der Waals surface area contributed by atoms with Gasteiger partial charge in [0.05, 0.1) is 11.4 Å². The van der Waals surface area contributed by atoms with Crippen molar-refractivity contribution in [2.24, 2.45) is 0 Å². The molecule has 4 saturated heterocycles. The average molecular weight is 556 g/mol. The molecule has 1 aromatic heterocycles. The maximum absolute atomic E-state index is 11.9. The second kappa shape index (κ2) is 12.5. The Hall–Kier alpha value is -1.63. The van der Waals surface area contributed by atoms with Gasteiger partial charge in [-0.2, -0.15) is 59.6 Å². The first-order valence-electron chi connectivity index (χ1n) is 13.3. The number of rotatable bonds is 5. The maximum Gasteiger partial charge on any atom is 1.00 e. The van der Waals surface area contributed by atoms with E-state index in [0.29, 0.717) is 31.1 Å². The van der Waals surface area contributed by atoms with Gasteiger partial charge in [-0.1, -0.05) is 10.7 Å². The summed E-state index contributed by atoms with van der Waals surface area (Å²) in [7, 11) is 0. The molecular formula is C28H34ClF3LiN5O-2. The van der Waals surface area contributed by atoms with Crippen molar-refractivity contribution in [2.45, 2.75) is 68.7 Å². The third-order valence-corrected chi connectivity index (χ3v) is 8.50. The SMILES string of the molecule is FC(F)(F)c1[c-]cccc1Cl.[CH2-]Cc1c([CH2-])nc(OCC23CCCN2CCC3)nc1N1CC2CCC(C1)N2.[Li+]. The van der Waals surface area contributed by atoms with Crippen LogP contribution in [0.3, 0.4) is 0 Å². The van der Waals surface area contributed by atoms with Crippen LogP contribution < -0.4 is 33.8 Å². The van der Waals surface area contributed by atoms with Crippen molar-refractivity contribution in [1.82, 2.24) is 20.2 Å². The largest absolute Gasteiger partial charge is 1.00 e. The van der Waals surface area contributed by atoms with Gasteiger partial charge in [0.1, 0.15) is 6.61 Å². The molecule has 4 aliphatic heterocycles.